The predicted molar refractivity (Wildman–Crippen MR) is 383 cm³/mol. The molecule has 14 aromatic rings. The van der Waals surface area contributed by atoms with E-state index in [-0.39, 0.29) is 16.2 Å². The number of nitrogens with zero attached hydrogens (tertiary/aromatic N) is 6. The molecule has 0 amide bonds. The van der Waals surface area contributed by atoms with Gasteiger partial charge in [0.05, 0.1) is 49.8 Å². The van der Waals surface area contributed by atoms with Crippen LogP contribution in [0.2, 0.25) is 0 Å². The summed E-state index contributed by atoms with van der Waals surface area (Å²) in [6, 6.07) is 75.4. The lowest BCUT2D eigenvalue weighted by Crippen LogP contribution is -2.48. The van der Waals surface area contributed by atoms with E-state index in [4.69, 9.17) is 9.97 Å². The minimum Gasteiger partial charge on any atom is -0.309 e. The highest BCUT2D eigenvalue weighted by Gasteiger charge is 2.53. The van der Waals surface area contributed by atoms with Gasteiger partial charge in [0.15, 0.2) is 0 Å². The van der Waals surface area contributed by atoms with Gasteiger partial charge in [0.2, 0.25) is 0 Å². The van der Waals surface area contributed by atoms with Gasteiger partial charge in [-0.2, -0.15) is 0 Å². The molecule has 0 unspecified atom stereocenters. The molecule has 6 heterocycles. The summed E-state index contributed by atoms with van der Waals surface area (Å²) in [4.78, 5) is 10.7. The van der Waals surface area contributed by atoms with Gasteiger partial charge >= 0.3 is 0 Å². The Labute approximate surface area is 539 Å². The fraction of sp³-hybridized carbons (Fsp3) is 0.326. The van der Waals surface area contributed by atoms with Crippen molar-refractivity contribution >= 4 is 87.2 Å². The third kappa shape index (κ3) is 8.43. The van der Waals surface area contributed by atoms with E-state index in [1.165, 1.54) is 181 Å². The standard InChI is InChI=1S/C47H49N3.C39H33N3/c1-45(2,3)32-12-15-41-38(22-32)39-23-33(46(4,5)6)13-16-42(39)49(41)35-17-18-48-44(25-35)50-40-10-8-7-9-36(40)37-14-11-34(24-43(37)50)47-26-29-19-30(27-47)21-31(20-29)28-47;1-5-13-33-29(9-1)30-10-2-6-14-34(30)41(33)37-20-28(39-22-25-17-26(23-39)19-27(18-25)24-39)21-38(40-37)42-35-15-7-3-11-31(35)32-12-4-8-16-36(32)42/h7-18,22-25,29-31H,19-21,26-28H2,1-6H3;1-16,20-21,25-27H,17-19,22-24H2. The van der Waals surface area contributed by atoms with E-state index in [1.54, 1.807) is 5.56 Å². The molecule has 92 heavy (non-hydrogen) atoms. The first kappa shape index (κ1) is 54.9. The molecule has 0 atom stereocenters. The molecule has 0 N–H and O–H groups in total. The third-order valence-corrected chi connectivity index (χ3v) is 24.1. The molecule has 8 fully saturated rings. The number of rotatable bonds is 6. The topological polar surface area (TPSA) is 45.5 Å². The van der Waals surface area contributed by atoms with E-state index < -0.39 is 0 Å². The molecule has 6 nitrogen and oxygen atoms in total. The maximum absolute atomic E-state index is 5.57. The molecule has 0 aliphatic heterocycles. The Morgan fingerprint density at radius 2 is 0.652 bits per heavy atom. The quantitative estimate of drug-likeness (QED) is 0.167. The number of fused-ring (bicyclic) bond motifs is 12. The Morgan fingerprint density at radius 3 is 1.04 bits per heavy atom. The van der Waals surface area contributed by atoms with Crippen LogP contribution in [-0.2, 0) is 21.7 Å². The zero-order chi connectivity index (χ0) is 61.6. The highest BCUT2D eigenvalue weighted by Crippen LogP contribution is 2.63. The van der Waals surface area contributed by atoms with E-state index in [9.17, 15) is 0 Å². The minimum absolute atomic E-state index is 0.0691. The lowest BCUT2D eigenvalue weighted by atomic mass is 9.48. The van der Waals surface area contributed by atoms with Crippen LogP contribution >= 0.6 is 0 Å². The van der Waals surface area contributed by atoms with E-state index in [0.717, 1.165) is 58.6 Å². The average molecular weight is 1200 g/mol. The Hall–Kier alpha value is -8.74. The van der Waals surface area contributed by atoms with Gasteiger partial charge < -0.3 is 4.57 Å². The first-order valence-electron chi connectivity index (χ1n) is 34.8. The predicted octanol–water partition coefficient (Wildman–Crippen LogP) is 22.1. The van der Waals surface area contributed by atoms with E-state index in [1.807, 2.05) is 6.20 Å². The first-order chi connectivity index (χ1) is 44.7. The number of benzene rings is 8. The highest BCUT2D eigenvalue weighted by atomic mass is 15.1. The van der Waals surface area contributed by atoms with Crippen molar-refractivity contribution in [3.63, 3.8) is 0 Å². The fourth-order valence-electron chi connectivity index (χ4n) is 20.8. The molecule has 8 saturated carbocycles. The van der Waals surface area contributed by atoms with Crippen LogP contribution in [0.15, 0.2) is 206 Å². The second kappa shape index (κ2) is 19.9. The summed E-state index contributed by atoms with van der Waals surface area (Å²) in [5, 5.41) is 10.4. The number of aromatic nitrogens is 6. The van der Waals surface area contributed by atoms with Crippen LogP contribution in [0.25, 0.3) is 110 Å². The number of hydrogen-bond donors (Lipinski definition) is 0. The van der Waals surface area contributed by atoms with Crippen molar-refractivity contribution in [2.24, 2.45) is 35.5 Å². The van der Waals surface area contributed by atoms with Crippen molar-refractivity contribution in [3.8, 4) is 23.1 Å². The lowest BCUT2D eigenvalue weighted by Gasteiger charge is -2.57. The molecule has 8 aliphatic carbocycles. The number of para-hydroxylation sites is 5. The molecule has 456 valence electrons. The summed E-state index contributed by atoms with van der Waals surface area (Å²) in [6.07, 6.45) is 18.9. The van der Waals surface area contributed by atoms with Crippen molar-refractivity contribution in [1.82, 2.24) is 28.2 Å². The normalized spacial score (nSPS) is 24.2. The number of hydrogen-bond acceptors (Lipinski definition) is 2. The Morgan fingerprint density at radius 1 is 0.304 bits per heavy atom. The lowest BCUT2D eigenvalue weighted by molar-refractivity contribution is -0.00530. The monoisotopic (exact) mass is 1200 g/mol. The molecular weight excluding hydrogens is 1120 g/mol. The van der Waals surface area contributed by atoms with Crippen LogP contribution < -0.4 is 0 Å². The van der Waals surface area contributed by atoms with Gasteiger partial charge in [-0.1, -0.05) is 157 Å². The van der Waals surface area contributed by atoms with Gasteiger partial charge in [0.25, 0.3) is 0 Å². The van der Waals surface area contributed by atoms with Gasteiger partial charge in [-0.3, -0.25) is 13.7 Å². The Balaban J connectivity index is 0.000000133. The maximum Gasteiger partial charge on any atom is 0.140 e. The van der Waals surface area contributed by atoms with E-state index in [0.29, 0.717) is 5.41 Å². The van der Waals surface area contributed by atoms with Crippen LogP contribution in [0.3, 0.4) is 0 Å². The second-order valence-corrected chi connectivity index (χ2v) is 32.0. The molecule has 22 rings (SSSR count). The summed E-state index contributed by atoms with van der Waals surface area (Å²) < 4.78 is 9.75. The summed E-state index contributed by atoms with van der Waals surface area (Å²) in [7, 11) is 0. The third-order valence-electron chi connectivity index (χ3n) is 24.1. The Kier molecular flexibility index (Phi) is 11.9. The van der Waals surface area contributed by atoms with Crippen molar-refractivity contribution in [1.29, 1.82) is 0 Å². The summed E-state index contributed by atoms with van der Waals surface area (Å²) in [5.41, 5.74) is 17.6. The highest BCUT2D eigenvalue weighted by molar-refractivity contribution is 6.12. The molecule has 0 radical (unpaired) electrons. The van der Waals surface area contributed by atoms with Crippen LogP contribution in [0.4, 0.5) is 0 Å². The zero-order valence-corrected chi connectivity index (χ0v) is 54.3. The second-order valence-electron chi connectivity index (χ2n) is 32.0. The van der Waals surface area contributed by atoms with E-state index in [2.05, 4.69) is 260 Å². The molecular formula is C86H82N6. The van der Waals surface area contributed by atoms with Crippen molar-refractivity contribution in [2.45, 2.75) is 140 Å². The fourth-order valence-corrected chi connectivity index (χ4v) is 20.8. The maximum atomic E-state index is 5.57. The largest absolute Gasteiger partial charge is 0.309 e. The SMILES string of the molecule is CC(C)(C)c1ccc2c(c1)c1cc(C(C)(C)C)ccc1n2-c1ccnc(-n2c3ccccc3c3ccc(C45CC6CC(CC(C6)C4)C5)cc32)c1.c1ccc2c(c1)c1ccccc1n2-c1cc(C23CC4CC(CC(C4)C2)C3)cc(-n2c3ccccc3c3ccccc32)n1. The molecule has 8 aliphatic rings. The summed E-state index contributed by atoms with van der Waals surface area (Å²) in [6.45, 7) is 13.9. The van der Waals surface area contributed by atoms with Crippen molar-refractivity contribution in [3.05, 3.63) is 229 Å². The number of pyridine rings is 2. The Bertz CT molecular complexity index is 4970. The summed E-state index contributed by atoms with van der Waals surface area (Å²) >= 11 is 0. The molecule has 6 aromatic heterocycles. The minimum atomic E-state index is 0.0691. The van der Waals surface area contributed by atoms with Gasteiger partial charge in [-0.15, -0.1) is 0 Å². The zero-order valence-electron chi connectivity index (χ0n) is 54.3. The summed E-state index contributed by atoms with van der Waals surface area (Å²) in [5.74, 6) is 8.48. The van der Waals surface area contributed by atoms with Gasteiger partial charge in [-0.05, 0) is 235 Å². The van der Waals surface area contributed by atoms with Crippen molar-refractivity contribution in [2.75, 3.05) is 0 Å². The van der Waals surface area contributed by atoms with Crippen LogP contribution in [0, 0.1) is 35.5 Å². The van der Waals surface area contributed by atoms with Crippen LogP contribution in [0.5, 0.6) is 0 Å². The van der Waals surface area contributed by atoms with Crippen LogP contribution in [-0.4, -0.2) is 28.2 Å². The van der Waals surface area contributed by atoms with Crippen molar-refractivity contribution < 1.29 is 0 Å². The smallest absolute Gasteiger partial charge is 0.140 e. The van der Waals surface area contributed by atoms with Gasteiger partial charge in [0.1, 0.15) is 17.5 Å². The van der Waals surface area contributed by atoms with Crippen LogP contribution in [0.1, 0.15) is 141 Å². The molecule has 8 bridgehead atoms. The van der Waals surface area contributed by atoms with Gasteiger partial charge in [-0.25, -0.2) is 9.97 Å². The average Bonchev–Trinajstić information content (AvgIpc) is 1.22. The molecule has 6 heteroatoms. The first-order valence-corrected chi connectivity index (χ1v) is 34.8. The van der Waals surface area contributed by atoms with Gasteiger partial charge in [0, 0.05) is 55.4 Å². The molecule has 0 saturated heterocycles. The molecule has 0 spiro atoms. The van der Waals surface area contributed by atoms with E-state index >= 15 is 0 Å². The molecule has 8 aromatic carbocycles.